The number of carbonyl (C=O) groups excluding carboxylic acids is 1. The van der Waals surface area contributed by atoms with Crippen molar-refractivity contribution in [1.82, 2.24) is 4.90 Å². The molecule has 9 heteroatoms. The Balaban J connectivity index is 2.89. The highest BCUT2D eigenvalue weighted by molar-refractivity contribution is 5.94. The van der Waals surface area contributed by atoms with Crippen LogP contribution in [0.4, 0.5) is 26.3 Å². The lowest BCUT2D eigenvalue weighted by Gasteiger charge is -2.22. The average Bonchev–Trinajstić information content (AvgIpc) is 2.35. The molecule has 21 heavy (non-hydrogen) atoms. The van der Waals surface area contributed by atoms with E-state index in [0.29, 0.717) is 11.0 Å². The summed E-state index contributed by atoms with van der Waals surface area (Å²) in [5.41, 5.74) is -1.50. The third-order valence-electron chi connectivity index (χ3n) is 2.61. The fourth-order valence-corrected chi connectivity index (χ4v) is 1.49. The first-order chi connectivity index (χ1) is 9.43. The van der Waals surface area contributed by atoms with Crippen LogP contribution in [0.5, 0.6) is 0 Å². The van der Waals surface area contributed by atoms with Crippen LogP contribution in [0.3, 0.4) is 0 Å². The zero-order chi connectivity index (χ0) is 16.4. The first kappa shape index (κ1) is 17.3. The number of alkyl halides is 6. The van der Waals surface area contributed by atoms with E-state index in [1.807, 2.05) is 0 Å². The molecule has 1 amide bonds. The minimum atomic E-state index is -4.91. The van der Waals surface area contributed by atoms with Gasteiger partial charge < -0.3 is 10.0 Å². The molecule has 0 aliphatic carbocycles. The Morgan fingerprint density at radius 3 is 2.29 bits per heavy atom. The van der Waals surface area contributed by atoms with E-state index >= 15 is 0 Å². The number of carbonyl (C=O) groups is 1. The van der Waals surface area contributed by atoms with Crippen molar-refractivity contribution in [3.63, 3.8) is 0 Å². The number of aliphatic hydroxyl groups is 1. The lowest BCUT2D eigenvalue weighted by Crippen LogP contribution is -2.41. The van der Waals surface area contributed by atoms with Crippen LogP contribution < -0.4 is 0 Å². The van der Waals surface area contributed by atoms with Gasteiger partial charge in [-0.05, 0) is 18.2 Å². The molecule has 1 atom stereocenters. The number of hydrogen-bond acceptors (Lipinski definition) is 2. The zero-order valence-electron chi connectivity index (χ0n) is 10.7. The second kappa shape index (κ2) is 5.92. The standard InChI is InChI=1S/C12H11F6NO2/c1-19(6-9(20)12(16,17)18)10(21)7-3-2-4-8(5-7)11(13,14)15/h2-5,9,20H,6H2,1H3. The first-order valence-electron chi connectivity index (χ1n) is 5.60. The number of nitrogens with zero attached hydrogens (tertiary/aromatic N) is 1. The van der Waals surface area contributed by atoms with Gasteiger partial charge in [-0.1, -0.05) is 6.07 Å². The van der Waals surface area contributed by atoms with Gasteiger partial charge >= 0.3 is 12.4 Å². The zero-order valence-corrected chi connectivity index (χ0v) is 10.7. The highest BCUT2D eigenvalue weighted by Gasteiger charge is 2.39. The van der Waals surface area contributed by atoms with E-state index in [0.717, 1.165) is 25.2 Å². The number of benzene rings is 1. The van der Waals surface area contributed by atoms with Gasteiger partial charge in [-0.15, -0.1) is 0 Å². The summed E-state index contributed by atoms with van der Waals surface area (Å²) in [4.78, 5) is 12.3. The summed E-state index contributed by atoms with van der Waals surface area (Å²) in [5, 5.41) is 8.84. The van der Waals surface area contributed by atoms with Crippen molar-refractivity contribution in [2.24, 2.45) is 0 Å². The Morgan fingerprint density at radius 1 is 1.24 bits per heavy atom. The molecule has 1 aromatic rings. The van der Waals surface area contributed by atoms with Gasteiger partial charge in [-0.25, -0.2) is 0 Å². The third kappa shape index (κ3) is 4.62. The summed E-state index contributed by atoms with van der Waals surface area (Å²) in [6.07, 6.45) is -12.3. The van der Waals surface area contributed by atoms with E-state index in [1.54, 1.807) is 0 Å². The molecule has 3 nitrogen and oxygen atoms in total. The topological polar surface area (TPSA) is 40.5 Å². The van der Waals surface area contributed by atoms with Crippen molar-refractivity contribution >= 4 is 5.91 Å². The van der Waals surface area contributed by atoms with Crippen molar-refractivity contribution in [3.8, 4) is 0 Å². The van der Waals surface area contributed by atoms with Gasteiger partial charge in [0.1, 0.15) is 0 Å². The Kier molecular flexibility index (Phi) is 4.87. The number of hydrogen-bond donors (Lipinski definition) is 1. The number of rotatable bonds is 3. The van der Waals surface area contributed by atoms with Crippen molar-refractivity contribution in [3.05, 3.63) is 35.4 Å². The van der Waals surface area contributed by atoms with Gasteiger partial charge in [0.15, 0.2) is 6.10 Å². The summed E-state index contributed by atoms with van der Waals surface area (Å²) in [6, 6.07) is 3.30. The van der Waals surface area contributed by atoms with Gasteiger partial charge in [-0.3, -0.25) is 4.79 Å². The quantitative estimate of drug-likeness (QED) is 0.871. The highest BCUT2D eigenvalue weighted by atomic mass is 19.4. The molecular formula is C12H11F6NO2. The largest absolute Gasteiger partial charge is 0.416 e. The molecule has 0 saturated carbocycles. The van der Waals surface area contributed by atoms with Gasteiger partial charge in [-0.2, -0.15) is 26.3 Å². The fourth-order valence-electron chi connectivity index (χ4n) is 1.49. The molecule has 0 radical (unpaired) electrons. The summed E-state index contributed by atoms with van der Waals surface area (Å²) in [5.74, 6) is -1.05. The van der Waals surface area contributed by atoms with Gasteiger partial charge in [0.2, 0.25) is 0 Å². The minimum absolute atomic E-state index is 0.415. The smallest absolute Gasteiger partial charge is 0.382 e. The molecule has 0 aliphatic heterocycles. The van der Waals surface area contributed by atoms with Crippen molar-refractivity contribution < 1.29 is 36.2 Å². The van der Waals surface area contributed by atoms with Crippen LogP contribution in [-0.4, -0.2) is 41.8 Å². The number of aliphatic hydroxyl groups excluding tert-OH is 1. The molecule has 0 spiro atoms. The van der Waals surface area contributed by atoms with Crippen LogP contribution >= 0.6 is 0 Å². The Bertz CT molecular complexity index is 511. The molecule has 0 heterocycles. The maximum absolute atomic E-state index is 12.5. The lowest BCUT2D eigenvalue weighted by molar-refractivity contribution is -0.205. The summed E-state index contributed by atoms with van der Waals surface area (Å²) >= 11 is 0. The molecule has 1 aromatic carbocycles. The Hall–Kier alpha value is -1.77. The Morgan fingerprint density at radius 2 is 1.81 bits per heavy atom. The second-order valence-electron chi connectivity index (χ2n) is 4.32. The summed E-state index contributed by atoms with van der Waals surface area (Å²) in [7, 11) is 0.956. The molecule has 118 valence electrons. The van der Waals surface area contributed by atoms with E-state index in [9.17, 15) is 31.1 Å². The molecule has 0 bridgehead atoms. The van der Waals surface area contributed by atoms with E-state index < -0.39 is 42.0 Å². The van der Waals surface area contributed by atoms with Crippen molar-refractivity contribution in [2.45, 2.75) is 18.5 Å². The molecule has 0 fully saturated rings. The lowest BCUT2D eigenvalue weighted by atomic mass is 10.1. The number of amides is 1. The monoisotopic (exact) mass is 315 g/mol. The predicted molar refractivity (Wildman–Crippen MR) is 60.5 cm³/mol. The van der Waals surface area contributed by atoms with E-state index in [-0.39, 0.29) is 0 Å². The SMILES string of the molecule is CN(CC(O)C(F)(F)F)C(=O)c1cccc(C(F)(F)F)c1. The van der Waals surface area contributed by atoms with Gasteiger partial charge in [0.05, 0.1) is 12.1 Å². The van der Waals surface area contributed by atoms with Crippen LogP contribution in [0.2, 0.25) is 0 Å². The van der Waals surface area contributed by atoms with Crippen LogP contribution in [0.15, 0.2) is 24.3 Å². The number of likely N-dealkylation sites (N-methyl/N-ethyl adjacent to an activating group) is 1. The van der Waals surface area contributed by atoms with Crippen LogP contribution in [0.1, 0.15) is 15.9 Å². The maximum Gasteiger partial charge on any atom is 0.416 e. The number of halogens is 6. The molecule has 1 unspecified atom stereocenters. The normalized spacial score (nSPS) is 13.9. The third-order valence-corrected chi connectivity index (χ3v) is 2.61. The average molecular weight is 315 g/mol. The van der Waals surface area contributed by atoms with Crippen molar-refractivity contribution in [2.75, 3.05) is 13.6 Å². The van der Waals surface area contributed by atoms with E-state index in [2.05, 4.69) is 0 Å². The van der Waals surface area contributed by atoms with Crippen LogP contribution in [0, 0.1) is 0 Å². The molecule has 1 rings (SSSR count). The molecule has 0 saturated heterocycles. The highest BCUT2D eigenvalue weighted by Crippen LogP contribution is 2.29. The summed E-state index contributed by atoms with van der Waals surface area (Å²) in [6.45, 7) is -1.07. The van der Waals surface area contributed by atoms with E-state index in [1.165, 1.54) is 0 Å². The van der Waals surface area contributed by atoms with Crippen LogP contribution in [0.25, 0.3) is 0 Å². The first-order valence-corrected chi connectivity index (χ1v) is 5.60. The second-order valence-corrected chi connectivity index (χ2v) is 4.32. The predicted octanol–water partition coefficient (Wildman–Crippen LogP) is 2.70. The molecular weight excluding hydrogens is 304 g/mol. The molecule has 1 N–H and O–H groups in total. The maximum atomic E-state index is 12.5. The molecule has 0 aliphatic rings. The summed E-state index contributed by atoms with van der Waals surface area (Å²) < 4.78 is 73.9. The van der Waals surface area contributed by atoms with E-state index in [4.69, 9.17) is 5.11 Å². The van der Waals surface area contributed by atoms with Crippen molar-refractivity contribution in [1.29, 1.82) is 0 Å². The van der Waals surface area contributed by atoms with Gasteiger partial charge in [0.25, 0.3) is 5.91 Å². The van der Waals surface area contributed by atoms with Crippen LogP contribution in [-0.2, 0) is 6.18 Å². The fraction of sp³-hybridized carbons (Fsp3) is 0.417. The Labute approximate surface area is 115 Å². The van der Waals surface area contributed by atoms with Gasteiger partial charge in [0, 0.05) is 12.6 Å². The minimum Gasteiger partial charge on any atom is -0.382 e. The molecule has 0 aromatic heterocycles.